The van der Waals surface area contributed by atoms with Crippen LogP contribution in [0.3, 0.4) is 0 Å². The van der Waals surface area contributed by atoms with Crippen molar-refractivity contribution in [2.75, 3.05) is 47.1 Å². The topological polar surface area (TPSA) is 47.7 Å². The summed E-state index contributed by atoms with van der Waals surface area (Å²) in [4.78, 5) is 2.43. The van der Waals surface area contributed by atoms with E-state index in [0.717, 1.165) is 45.2 Å². The standard InChI is InChI=1S/C15H32N2O2/c1-18-11-6-9-17(10-12-19-2)13-15(16)14-7-4-3-5-8-14/h14-15H,3-13,16H2,1-2H3. The summed E-state index contributed by atoms with van der Waals surface area (Å²) in [5.74, 6) is 0.723. The van der Waals surface area contributed by atoms with Crippen molar-refractivity contribution >= 4 is 0 Å². The molecule has 0 aromatic rings. The number of methoxy groups -OCH3 is 2. The molecule has 0 radical (unpaired) electrons. The number of nitrogens with two attached hydrogens (primary N) is 1. The van der Waals surface area contributed by atoms with Gasteiger partial charge in [0.1, 0.15) is 0 Å². The molecule has 1 fully saturated rings. The molecule has 114 valence electrons. The molecule has 4 heteroatoms. The van der Waals surface area contributed by atoms with Gasteiger partial charge >= 0.3 is 0 Å². The summed E-state index contributed by atoms with van der Waals surface area (Å²) in [6.07, 6.45) is 7.82. The second-order valence-corrected chi connectivity index (χ2v) is 5.70. The van der Waals surface area contributed by atoms with E-state index in [1.807, 2.05) is 0 Å². The Kier molecular flexibility index (Phi) is 9.43. The van der Waals surface area contributed by atoms with Gasteiger partial charge in [-0.2, -0.15) is 0 Å². The lowest BCUT2D eigenvalue weighted by Gasteiger charge is -2.32. The first-order valence-electron chi connectivity index (χ1n) is 7.73. The zero-order chi connectivity index (χ0) is 13.9. The lowest BCUT2D eigenvalue weighted by Crippen LogP contribution is -2.44. The van der Waals surface area contributed by atoms with E-state index >= 15 is 0 Å². The molecule has 1 atom stereocenters. The first kappa shape index (κ1) is 16.9. The molecule has 0 amide bonds. The van der Waals surface area contributed by atoms with E-state index in [2.05, 4.69) is 4.90 Å². The first-order chi connectivity index (χ1) is 9.27. The van der Waals surface area contributed by atoms with Gasteiger partial charge in [0.2, 0.25) is 0 Å². The van der Waals surface area contributed by atoms with Gasteiger partial charge in [0.05, 0.1) is 6.61 Å². The minimum atomic E-state index is 0.319. The zero-order valence-electron chi connectivity index (χ0n) is 12.8. The Morgan fingerprint density at radius 2 is 1.74 bits per heavy atom. The van der Waals surface area contributed by atoms with Gasteiger partial charge in [0.15, 0.2) is 0 Å². The average molecular weight is 272 g/mol. The van der Waals surface area contributed by atoms with Gasteiger partial charge in [-0.3, -0.25) is 4.90 Å². The maximum atomic E-state index is 6.41. The van der Waals surface area contributed by atoms with Crippen molar-refractivity contribution in [3.63, 3.8) is 0 Å². The van der Waals surface area contributed by atoms with Crippen LogP contribution in [0.1, 0.15) is 38.5 Å². The Morgan fingerprint density at radius 1 is 1.05 bits per heavy atom. The van der Waals surface area contributed by atoms with E-state index in [9.17, 15) is 0 Å². The van der Waals surface area contributed by atoms with Crippen LogP contribution in [0.4, 0.5) is 0 Å². The number of hydrogen-bond acceptors (Lipinski definition) is 4. The smallest absolute Gasteiger partial charge is 0.0589 e. The summed E-state index contributed by atoms with van der Waals surface area (Å²) in [7, 11) is 3.52. The van der Waals surface area contributed by atoms with Crippen LogP contribution < -0.4 is 5.73 Å². The molecule has 0 saturated heterocycles. The fourth-order valence-electron chi connectivity index (χ4n) is 2.96. The van der Waals surface area contributed by atoms with Crippen LogP contribution in [-0.2, 0) is 9.47 Å². The third-order valence-electron chi connectivity index (χ3n) is 4.16. The van der Waals surface area contributed by atoms with E-state index in [1.165, 1.54) is 32.1 Å². The second-order valence-electron chi connectivity index (χ2n) is 5.70. The monoisotopic (exact) mass is 272 g/mol. The molecule has 0 aliphatic heterocycles. The number of rotatable bonds is 10. The molecule has 2 N–H and O–H groups in total. The van der Waals surface area contributed by atoms with Crippen LogP contribution in [0.15, 0.2) is 0 Å². The quantitative estimate of drug-likeness (QED) is 0.617. The van der Waals surface area contributed by atoms with Crippen molar-refractivity contribution < 1.29 is 9.47 Å². The predicted octanol–water partition coefficient (Wildman–Crippen LogP) is 1.88. The van der Waals surface area contributed by atoms with Gasteiger partial charge in [-0.05, 0) is 25.2 Å². The van der Waals surface area contributed by atoms with Crippen molar-refractivity contribution in [2.45, 2.75) is 44.6 Å². The molecule has 1 unspecified atom stereocenters. The molecule has 0 heterocycles. The number of ether oxygens (including phenoxy) is 2. The Hall–Kier alpha value is -0.160. The molecule has 1 rings (SSSR count). The van der Waals surface area contributed by atoms with Crippen LogP contribution in [-0.4, -0.2) is 58.0 Å². The van der Waals surface area contributed by atoms with Gasteiger partial charge < -0.3 is 15.2 Å². The largest absolute Gasteiger partial charge is 0.385 e. The molecular weight excluding hydrogens is 240 g/mol. The maximum absolute atomic E-state index is 6.41. The van der Waals surface area contributed by atoms with E-state index in [4.69, 9.17) is 15.2 Å². The molecule has 0 spiro atoms. The highest BCUT2D eigenvalue weighted by molar-refractivity contribution is 4.79. The summed E-state index contributed by atoms with van der Waals surface area (Å²) in [6, 6.07) is 0.319. The second kappa shape index (κ2) is 10.6. The zero-order valence-corrected chi connectivity index (χ0v) is 12.8. The predicted molar refractivity (Wildman–Crippen MR) is 79.4 cm³/mol. The summed E-state index contributed by atoms with van der Waals surface area (Å²) in [6.45, 7) is 4.63. The third kappa shape index (κ3) is 7.25. The Balaban J connectivity index is 2.31. The van der Waals surface area contributed by atoms with Gasteiger partial charge in [-0.15, -0.1) is 0 Å². The van der Waals surface area contributed by atoms with E-state index in [0.29, 0.717) is 6.04 Å². The Bertz CT molecular complexity index is 208. The lowest BCUT2D eigenvalue weighted by atomic mass is 9.84. The fourth-order valence-corrected chi connectivity index (χ4v) is 2.96. The van der Waals surface area contributed by atoms with Gasteiger partial charge in [-0.1, -0.05) is 19.3 Å². The van der Waals surface area contributed by atoms with Crippen LogP contribution in [0.25, 0.3) is 0 Å². The number of hydrogen-bond donors (Lipinski definition) is 1. The number of nitrogens with zero attached hydrogens (tertiary/aromatic N) is 1. The van der Waals surface area contributed by atoms with E-state index in [1.54, 1.807) is 14.2 Å². The molecule has 1 aliphatic rings. The minimum absolute atomic E-state index is 0.319. The molecular formula is C15H32N2O2. The molecule has 0 aromatic heterocycles. The molecule has 4 nitrogen and oxygen atoms in total. The molecule has 0 aromatic carbocycles. The molecule has 19 heavy (non-hydrogen) atoms. The van der Waals surface area contributed by atoms with Gasteiger partial charge in [-0.25, -0.2) is 0 Å². The highest BCUT2D eigenvalue weighted by Crippen LogP contribution is 2.25. The SMILES string of the molecule is COCCCN(CCOC)CC(N)C1CCCCC1. The van der Waals surface area contributed by atoms with E-state index in [-0.39, 0.29) is 0 Å². The highest BCUT2D eigenvalue weighted by atomic mass is 16.5. The van der Waals surface area contributed by atoms with Crippen LogP contribution in [0.5, 0.6) is 0 Å². The van der Waals surface area contributed by atoms with Crippen LogP contribution in [0.2, 0.25) is 0 Å². The lowest BCUT2D eigenvalue weighted by molar-refractivity contribution is 0.121. The van der Waals surface area contributed by atoms with Crippen LogP contribution in [0, 0.1) is 5.92 Å². The van der Waals surface area contributed by atoms with E-state index < -0.39 is 0 Å². The normalized spacial score (nSPS) is 18.9. The summed E-state index contributed by atoms with van der Waals surface area (Å²) >= 11 is 0. The van der Waals surface area contributed by atoms with Crippen molar-refractivity contribution in [1.29, 1.82) is 0 Å². The fraction of sp³-hybridized carbons (Fsp3) is 1.00. The van der Waals surface area contributed by atoms with Crippen molar-refractivity contribution in [3.8, 4) is 0 Å². The Labute approximate surface area is 118 Å². The molecule has 1 aliphatic carbocycles. The average Bonchev–Trinajstić information content (AvgIpc) is 2.45. The first-order valence-corrected chi connectivity index (χ1v) is 7.73. The highest BCUT2D eigenvalue weighted by Gasteiger charge is 2.22. The van der Waals surface area contributed by atoms with Crippen molar-refractivity contribution in [3.05, 3.63) is 0 Å². The molecule has 1 saturated carbocycles. The van der Waals surface area contributed by atoms with Gasteiger partial charge in [0.25, 0.3) is 0 Å². The van der Waals surface area contributed by atoms with Crippen LogP contribution >= 0.6 is 0 Å². The Morgan fingerprint density at radius 3 is 2.37 bits per heavy atom. The summed E-state index contributed by atoms with van der Waals surface area (Å²) in [5.41, 5.74) is 6.41. The van der Waals surface area contributed by atoms with Crippen molar-refractivity contribution in [1.82, 2.24) is 4.90 Å². The summed E-state index contributed by atoms with van der Waals surface area (Å²) in [5, 5.41) is 0. The van der Waals surface area contributed by atoms with Gasteiger partial charge in [0, 0.05) is 46.5 Å². The minimum Gasteiger partial charge on any atom is -0.385 e. The molecule has 0 bridgehead atoms. The maximum Gasteiger partial charge on any atom is 0.0589 e. The third-order valence-corrected chi connectivity index (χ3v) is 4.16. The van der Waals surface area contributed by atoms with Crippen molar-refractivity contribution in [2.24, 2.45) is 11.7 Å². The summed E-state index contributed by atoms with van der Waals surface area (Å²) < 4.78 is 10.3.